The highest BCUT2D eigenvalue weighted by atomic mass is 35.5. The van der Waals surface area contributed by atoms with Gasteiger partial charge < -0.3 is 4.74 Å². The molecule has 2 rings (SSSR count). The summed E-state index contributed by atoms with van der Waals surface area (Å²) in [5, 5.41) is 0.619. The zero-order chi connectivity index (χ0) is 15.9. The van der Waals surface area contributed by atoms with E-state index in [2.05, 4.69) is 26.0 Å². The first-order valence-electron chi connectivity index (χ1n) is 7.51. The van der Waals surface area contributed by atoms with Crippen molar-refractivity contribution in [3.63, 3.8) is 0 Å². The average Bonchev–Trinajstić information content (AvgIpc) is 2.48. The van der Waals surface area contributed by atoms with Crippen LogP contribution < -0.4 is 0 Å². The molecule has 0 unspecified atom stereocenters. The molecule has 2 aromatic rings. The standard InChI is InChI=1S/C19H21ClO2/c1-14(2)11-15-7-9-16(10-8-15)12-19(21)22-13-17-5-3-4-6-18(17)20/h3-10,14H,11-13H2,1-2H3. The predicted molar refractivity (Wildman–Crippen MR) is 89.9 cm³/mol. The molecule has 0 amide bonds. The number of rotatable bonds is 6. The molecule has 0 heterocycles. The molecule has 0 atom stereocenters. The molecule has 0 fully saturated rings. The van der Waals surface area contributed by atoms with Crippen molar-refractivity contribution in [1.82, 2.24) is 0 Å². The minimum Gasteiger partial charge on any atom is -0.461 e. The van der Waals surface area contributed by atoms with Crippen LogP contribution in [0.4, 0.5) is 0 Å². The Labute approximate surface area is 137 Å². The topological polar surface area (TPSA) is 26.3 Å². The van der Waals surface area contributed by atoms with Gasteiger partial charge in [-0.25, -0.2) is 0 Å². The third kappa shape index (κ3) is 5.19. The Morgan fingerprint density at radius 2 is 1.68 bits per heavy atom. The largest absolute Gasteiger partial charge is 0.461 e. The summed E-state index contributed by atoms with van der Waals surface area (Å²) in [4.78, 5) is 11.9. The van der Waals surface area contributed by atoms with Crippen LogP contribution in [0, 0.1) is 5.92 Å². The van der Waals surface area contributed by atoms with Crippen LogP contribution in [0.1, 0.15) is 30.5 Å². The molecule has 2 aromatic carbocycles. The molecule has 116 valence electrons. The lowest BCUT2D eigenvalue weighted by molar-refractivity contribution is -0.144. The Balaban J connectivity index is 1.85. The van der Waals surface area contributed by atoms with Crippen molar-refractivity contribution in [1.29, 1.82) is 0 Å². The maximum Gasteiger partial charge on any atom is 0.310 e. The van der Waals surface area contributed by atoms with Gasteiger partial charge in [0.25, 0.3) is 0 Å². The lowest BCUT2D eigenvalue weighted by Gasteiger charge is -2.08. The number of esters is 1. The number of halogens is 1. The van der Waals surface area contributed by atoms with Crippen molar-refractivity contribution in [3.8, 4) is 0 Å². The maximum atomic E-state index is 11.9. The van der Waals surface area contributed by atoms with Crippen molar-refractivity contribution < 1.29 is 9.53 Å². The van der Waals surface area contributed by atoms with Crippen molar-refractivity contribution in [2.45, 2.75) is 33.3 Å². The molecule has 2 nitrogen and oxygen atoms in total. The van der Waals surface area contributed by atoms with Crippen molar-refractivity contribution in [3.05, 3.63) is 70.2 Å². The van der Waals surface area contributed by atoms with Gasteiger partial charge in [0.15, 0.2) is 0 Å². The monoisotopic (exact) mass is 316 g/mol. The lowest BCUT2D eigenvalue weighted by Crippen LogP contribution is -2.08. The minimum absolute atomic E-state index is 0.212. The second kappa shape index (κ2) is 8.00. The van der Waals surface area contributed by atoms with Gasteiger partial charge in [-0.3, -0.25) is 4.79 Å². The van der Waals surface area contributed by atoms with Crippen LogP contribution in [0.25, 0.3) is 0 Å². The van der Waals surface area contributed by atoms with Crippen LogP contribution in [0.2, 0.25) is 5.02 Å². The SMILES string of the molecule is CC(C)Cc1ccc(CC(=O)OCc2ccccc2Cl)cc1. The molecule has 0 radical (unpaired) electrons. The Morgan fingerprint density at radius 3 is 2.32 bits per heavy atom. The van der Waals surface area contributed by atoms with Crippen LogP contribution in [0.3, 0.4) is 0 Å². The smallest absolute Gasteiger partial charge is 0.310 e. The lowest BCUT2D eigenvalue weighted by atomic mass is 10.0. The first-order chi connectivity index (χ1) is 10.5. The molecule has 0 saturated heterocycles. The Bertz CT molecular complexity index is 618. The molecule has 0 aromatic heterocycles. The first-order valence-corrected chi connectivity index (χ1v) is 7.89. The summed E-state index contributed by atoms with van der Waals surface area (Å²) >= 11 is 6.04. The van der Waals surface area contributed by atoms with E-state index in [-0.39, 0.29) is 19.0 Å². The van der Waals surface area contributed by atoms with Gasteiger partial charge >= 0.3 is 5.97 Å². The zero-order valence-electron chi connectivity index (χ0n) is 13.0. The summed E-state index contributed by atoms with van der Waals surface area (Å²) in [7, 11) is 0. The molecule has 0 saturated carbocycles. The van der Waals surface area contributed by atoms with Crippen LogP contribution in [-0.4, -0.2) is 5.97 Å². The Hall–Kier alpha value is -1.80. The van der Waals surface area contributed by atoms with E-state index in [0.717, 1.165) is 17.5 Å². The van der Waals surface area contributed by atoms with Crippen LogP contribution in [0.5, 0.6) is 0 Å². The van der Waals surface area contributed by atoms with Gasteiger partial charge in [0.1, 0.15) is 6.61 Å². The summed E-state index contributed by atoms with van der Waals surface area (Å²) in [5.41, 5.74) is 3.09. The number of benzene rings is 2. The second-order valence-corrected chi connectivity index (χ2v) is 6.25. The number of carbonyl (C=O) groups is 1. The first kappa shape index (κ1) is 16.6. The number of hydrogen-bond donors (Lipinski definition) is 0. The van der Waals surface area contributed by atoms with E-state index in [1.807, 2.05) is 30.3 Å². The minimum atomic E-state index is -0.239. The van der Waals surface area contributed by atoms with E-state index in [1.54, 1.807) is 6.07 Å². The number of hydrogen-bond acceptors (Lipinski definition) is 2. The molecule has 0 aliphatic heterocycles. The molecule has 22 heavy (non-hydrogen) atoms. The third-order valence-corrected chi connectivity index (χ3v) is 3.73. The molecule has 3 heteroatoms. The highest BCUT2D eigenvalue weighted by Crippen LogP contribution is 2.16. The average molecular weight is 317 g/mol. The van der Waals surface area contributed by atoms with E-state index >= 15 is 0 Å². The quantitative estimate of drug-likeness (QED) is 0.714. The van der Waals surface area contributed by atoms with Crippen molar-refractivity contribution in [2.75, 3.05) is 0 Å². The second-order valence-electron chi connectivity index (χ2n) is 5.84. The highest BCUT2D eigenvalue weighted by Gasteiger charge is 2.07. The van der Waals surface area contributed by atoms with Gasteiger partial charge in [-0.05, 0) is 29.5 Å². The Kier molecular flexibility index (Phi) is 6.02. The predicted octanol–water partition coefficient (Wildman–Crippen LogP) is 4.82. The maximum absolute atomic E-state index is 11.9. The number of carbonyl (C=O) groups excluding carboxylic acids is 1. The van der Waals surface area contributed by atoms with E-state index in [0.29, 0.717) is 10.9 Å². The van der Waals surface area contributed by atoms with Crippen molar-refractivity contribution in [2.24, 2.45) is 5.92 Å². The fourth-order valence-corrected chi connectivity index (χ4v) is 2.45. The summed E-state index contributed by atoms with van der Waals surface area (Å²) in [6, 6.07) is 15.5. The summed E-state index contributed by atoms with van der Waals surface area (Å²) in [5.74, 6) is 0.392. The number of ether oxygens (including phenoxy) is 1. The van der Waals surface area contributed by atoms with Crippen LogP contribution in [0.15, 0.2) is 48.5 Å². The Morgan fingerprint density at radius 1 is 1.05 bits per heavy atom. The zero-order valence-corrected chi connectivity index (χ0v) is 13.8. The van der Waals surface area contributed by atoms with E-state index in [9.17, 15) is 4.79 Å². The molecule has 0 bridgehead atoms. The highest BCUT2D eigenvalue weighted by molar-refractivity contribution is 6.31. The van der Waals surface area contributed by atoms with Gasteiger partial charge in [0, 0.05) is 10.6 Å². The van der Waals surface area contributed by atoms with Crippen LogP contribution in [-0.2, 0) is 29.0 Å². The van der Waals surface area contributed by atoms with E-state index < -0.39 is 0 Å². The normalized spacial score (nSPS) is 10.7. The van der Waals surface area contributed by atoms with E-state index in [4.69, 9.17) is 16.3 Å². The molecular weight excluding hydrogens is 296 g/mol. The van der Waals surface area contributed by atoms with Gasteiger partial charge in [-0.1, -0.05) is 67.9 Å². The van der Waals surface area contributed by atoms with Crippen molar-refractivity contribution >= 4 is 17.6 Å². The van der Waals surface area contributed by atoms with Gasteiger partial charge in [0.05, 0.1) is 6.42 Å². The van der Waals surface area contributed by atoms with Gasteiger partial charge in [-0.2, -0.15) is 0 Å². The third-order valence-electron chi connectivity index (χ3n) is 3.36. The summed E-state index contributed by atoms with van der Waals surface area (Å²) in [6.45, 7) is 4.60. The molecule has 0 N–H and O–H groups in total. The molecular formula is C19H21ClO2. The molecule has 0 aliphatic carbocycles. The van der Waals surface area contributed by atoms with Gasteiger partial charge in [-0.15, -0.1) is 0 Å². The fourth-order valence-electron chi connectivity index (χ4n) is 2.26. The fraction of sp³-hybridized carbons (Fsp3) is 0.316. The molecule has 0 spiro atoms. The van der Waals surface area contributed by atoms with Crippen LogP contribution >= 0.6 is 11.6 Å². The van der Waals surface area contributed by atoms with E-state index in [1.165, 1.54) is 5.56 Å². The summed E-state index contributed by atoms with van der Waals surface area (Å²) < 4.78 is 5.28. The molecule has 0 aliphatic rings. The summed E-state index contributed by atoms with van der Waals surface area (Å²) in [6.07, 6.45) is 1.34. The van der Waals surface area contributed by atoms with Gasteiger partial charge in [0.2, 0.25) is 0 Å².